The van der Waals surface area contributed by atoms with Gasteiger partial charge in [-0.1, -0.05) is 0 Å². The lowest BCUT2D eigenvalue weighted by molar-refractivity contribution is 0.667. The van der Waals surface area contributed by atoms with Crippen molar-refractivity contribution in [3.8, 4) is 0 Å². The molecule has 1 aromatic heterocycles. The van der Waals surface area contributed by atoms with Crippen LogP contribution >= 0.6 is 34.7 Å². The SMILES string of the molecule is CSCCC(C)N(C)c1nc(CCl)cs1. The van der Waals surface area contributed by atoms with Crippen LogP contribution in [0.25, 0.3) is 0 Å². The van der Waals surface area contributed by atoms with E-state index in [-0.39, 0.29) is 0 Å². The molecule has 0 radical (unpaired) electrons. The van der Waals surface area contributed by atoms with Crippen LogP contribution in [0, 0.1) is 0 Å². The molecule has 15 heavy (non-hydrogen) atoms. The molecule has 0 N–H and O–H groups in total. The average molecular weight is 265 g/mol. The number of alkyl halides is 1. The third-order valence-corrected chi connectivity index (χ3v) is 4.28. The molecule has 1 aromatic rings. The number of rotatable bonds is 6. The van der Waals surface area contributed by atoms with Crippen LogP contribution in [0.1, 0.15) is 19.0 Å². The zero-order valence-electron chi connectivity index (χ0n) is 9.36. The molecule has 86 valence electrons. The van der Waals surface area contributed by atoms with Gasteiger partial charge in [0.05, 0.1) is 11.6 Å². The van der Waals surface area contributed by atoms with Crippen molar-refractivity contribution in [1.29, 1.82) is 0 Å². The van der Waals surface area contributed by atoms with E-state index in [1.807, 2.05) is 17.1 Å². The largest absolute Gasteiger partial charge is 0.348 e. The first-order valence-electron chi connectivity index (χ1n) is 4.91. The second-order valence-electron chi connectivity index (χ2n) is 3.50. The van der Waals surface area contributed by atoms with Gasteiger partial charge in [0.25, 0.3) is 0 Å². The lowest BCUT2D eigenvalue weighted by atomic mass is 10.2. The molecule has 0 aliphatic heterocycles. The minimum atomic E-state index is 0.504. The highest BCUT2D eigenvalue weighted by Gasteiger charge is 2.12. The smallest absolute Gasteiger partial charge is 0.185 e. The van der Waals surface area contributed by atoms with Crippen LogP contribution in [0.3, 0.4) is 0 Å². The van der Waals surface area contributed by atoms with Crippen molar-refractivity contribution in [3.63, 3.8) is 0 Å². The van der Waals surface area contributed by atoms with Gasteiger partial charge in [-0.15, -0.1) is 22.9 Å². The van der Waals surface area contributed by atoms with Gasteiger partial charge in [0.2, 0.25) is 0 Å². The summed E-state index contributed by atoms with van der Waals surface area (Å²) in [5, 5.41) is 3.10. The average Bonchev–Trinajstić information content (AvgIpc) is 2.73. The highest BCUT2D eigenvalue weighted by Crippen LogP contribution is 2.23. The van der Waals surface area contributed by atoms with Gasteiger partial charge in [-0.05, 0) is 25.4 Å². The number of halogens is 1. The number of nitrogens with zero attached hydrogens (tertiary/aromatic N) is 2. The van der Waals surface area contributed by atoms with Gasteiger partial charge in [0.1, 0.15) is 0 Å². The number of hydrogen-bond acceptors (Lipinski definition) is 4. The summed E-state index contributed by atoms with van der Waals surface area (Å²) in [6, 6.07) is 0.534. The Kier molecular flexibility index (Phi) is 5.79. The summed E-state index contributed by atoms with van der Waals surface area (Å²) in [4.78, 5) is 6.70. The van der Waals surface area contributed by atoms with Gasteiger partial charge >= 0.3 is 0 Å². The van der Waals surface area contributed by atoms with E-state index in [0.717, 1.165) is 10.8 Å². The molecule has 0 aliphatic carbocycles. The van der Waals surface area contributed by atoms with E-state index in [0.29, 0.717) is 11.9 Å². The number of thioether (sulfide) groups is 1. The Morgan fingerprint density at radius 3 is 2.93 bits per heavy atom. The van der Waals surface area contributed by atoms with Crippen molar-refractivity contribution < 1.29 is 0 Å². The minimum Gasteiger partial charge on any atom is -0.348 e. The third-order valence-electron chi connectivity index (χ3n) is 2.38. The summed E-state index contributed by atoms with van der Waals surface area (Å²) in [6.45, 7) is 2.23. The zero-order chi connectivity index (χ0) is 11.3. The van der Waals surface area contributed by atoms with Gasteiger partial charge < -0.3 is 4.90 Å². The lowest BCUT2D eigenvalue weighted by Crippen LogP contribution is -2.29. The summed E-state index contributed by atoms with van der Waals surface area (Å²) in [7, 11) is 2.10. The first kappa shape index (κ1) is 13.1. The normalized spacial score (nSPS) is 12.8. The molecule has 2 nitrogen and oxygen atoms in total. The Hall–Kier alpha value is 0.0700. The molecule has 0 bridgehead atoms. The van der Waals surface area contributed by atoms with Crippen molar-refractivity contribution in [2.75, 3.05) is 24.0 Å². The van der Waals surface area contributed by atoms with Gasteiger partial charge in [0, 0.05) is 18.5 Å². The van der Waals surface area contributed by atoms with Crippen LogP contribution in [-0.4, -0.2) is 30.1 Å². The maximum atomic E-state index is 5.73. The molecule has 0 spiro atoms. The molecule has 1 rings (SSSR count). The summed E-state index contributed by atoms with van der Waals surface area (Å²) < 4.78 is 0. The lowest BCUT2D eigenvalue weighted by Gasteiger charge is -2.23. The first-order valence-corrected chi connectivity index (χ1v) is 7.72. The Balaban J connectivity index is 2.54. The van der Waals surface area contributed by atoms with Crippen LogP contribution in [0.4, 0.5) is 5.13 Å². The van der Waals surface area contributed by atoms with E-state index in [4.69, 9.17) is 11.6 Å². The highest BCUT2D eigenvalue weighted by atomic mass is 35.5. The Labute approximate surface area is 105 Å². The fourth-order valence-electron chi connectivity index (χ4n) is 1.19. The Bertz CT molecular complexity index is 291. The Morgan fingerprint density at radius 2 is 2.40 bits per heavy atom. The molecule has 0 saturated carbocycles. The maximum Gasteiger partial charge on any atom is 0.185 e. The van der Waals surface area contributed by atoms with E-state index in [1.165, 1.54) is 12.2 Å². The van der Waals surface area contributed by atoms with Gasteiger partial charge in [-0.25, -0.2) is 4.98 Å². The molecule has 0 saturated heterocycles. The second kappa shape index (κ2) is 6.61. The van der Waals surface area contributed by atoms with Crippen LogP contribution in [0.5, 0.6) is 0 Å². The fraction of sp³-hybridized carbons (Fsp3) is 0.700. The Morgan fingerprint density at radius 1 is 1.67 bits per heavy atom. The summed E-state index contributed by atoms with van der Waals surface area (Å²) >= 11 is 9.29. The molecule has 1 atom stereocenters. The molecule has 1 unspecified atom stereocenters. The predicted molar refractivity (Wildman–Crippen MR) is 72.5 cm³/mol. The summed E-state index contributed by atoms with van der Waals surface area (Å²) in [5.41, 5.74) is 0.973. The molecule has 0 amide bonds. The van der Waals surface area contributed by atoms with E-state index in [1.54, 1.807) is 11.3 Å². The highest BCUT2D eigenvalue weighted by molar-refractivity contribution is 7.98. The molecule has 0 aliphatic rings. The number of anilines is 1. The molecule has 0 aromatic carbocycles. The van der Waals surface area contributed by atoms with E-state index < -0.39 is 0 Å². The third kappa shape index (κ3) is 3.85. The molecular weight excluding hydrogens is 248 g/mol. The number of thiazole rings is 1. The van der Waals surface area contributed by atoms with Gasteiger partial charge in [-0.3, -0.25) is 0 Å². The van der Waals surface area contributed by atoms with Crippen molar-refractivity contribution in [1.82, 2.24) is 4.98 Å². The second-order valence-corrected chi connectivity index (χ2v) is 5.59. The van der Waals surface area contributed by atoms with Gasteiger partial charge in [0.15, 0.2) is 5.13 Å². The van der Waals surface area contributed by atoms with E-state index in [9.17, 15) is 0 Å². The van der Waals surface area contributed by atoms with Crippen LogP contribution in [-0.2, 0) is 5.88 Å². The predicted octanol–water partition coefficient (Wildman–Crippen LogP) is 3.46. The van der Waals surface area contributed by atoms with E-state index in [2.05, 4.69) is 30.1 Å². The molecule has 1 heterocycles. The van der Waals surface area contributed by atoms with Crippen molar-refractivity contribution in [3.05, 3.63) is 11.1 Å². The van der Waals surface area contributed by atoms with Crippen LogP contribution in [0.15, 0.2) is 5.38 Å². The molecule has 5 heteroatoms. The van der Waals surface area contributed by atoms with Crippen LogP contribution < -0.4 is 4.90 Å². The monoisotopic (exact) mass is 264 g/mol. The minimum absolute atomic E-state index is 0.504. The molecule has 0 fully saturated rings. The van der Waals surface area contributed by atoms with Gasteiger partial charge in [-0.2, -0.15) is 11.8 Å². The summed E-state index contributed by atoms with van der Waals surface area (Å²) in [6.07, 6.45) is 3.33. The molecular formula is C10H17ClN2S2. The maximum absolute atomic E-state index is 5.73. The fourth-order valence-corrected chi connectivity index (χ4v) is 2.89. The van der Waals surface area contributed by atoms with Crippen LogP contribution in [0.2, 0.25) is 0 Å². The van der Waals surface area contributed by atoms with E-state index >= 15 is 0 Å². The standard InChI is InChI=1S/C10H17ClN2S2/c1-8(4-5-14-3)13(2)10-12-9(6-11)7-15-10/h7-8H,4-6H2,1-3H3. The number of aromatic nitrogens is 1. The summed E-state index contributed by atoms with van der Waals surface area (Å²) in [5.74, 6) is 1.70. The quantitative estimate of drug-likeness (QED) is 0.732. The zero-order valence-corrected chi connectivity index (χ0v) is 11.8. The van der Waals surface area contributed by atoms with Crippen molar-refractivity contribution >= 4 is 39.8 Å². The van der Waals surface area contributed by atoms with Crippen molar-refractivity contribution in [2.45, 2.75) is 25.3 Å². The topological polar surface area (TPSA) is 16.1 Å². The first-order chi connectivity index (χ1) is 7.19. The van der Waals surface area contributed by atoms with Crippen molar-refractivity contribution in [2.24, 2.45) is 0 Å². The number of hydrogen-bond donors (Lipinski definition) is 0.